The Balaban J connectivity index is 1.57. The maximum atomic E-state index is 12.8. The number of H-pyrrole nitrogens is 1. The van der Waals surface area contributed by atoms with Crippen LogP contribution in [0.4, 0.5) is 5.69 Å². The van der Waals surface area contributed by atoms with Gasteiger partial charge in [0.25, 0.3) is 5.91 Å². The molecule has 136 valence electrons. The van der Waals surface area contributed by atoms with E-state index in [1.54, 1.807) is 18.1 Å². The Hall–Kier alpha value is -3.61. The van der Waals surface area contributed by atoms with Crippen LogP contribution in [0.1, 0.15) is 21.6 Å². The van der Waals surface area contributed by atoms with Crippen LogP contribution < -0.4 is 10.1 Å². The maximum absolute atomic E-state index is 12.8. The van der Waals surface area contributed by atoms with Crippen LogP contribution in [-0.2, 0) is 6.54 Å². The van der Waals surface area contributed by atoms with Gasteiger partial charge in [0.2, 0.25) is 0 Å². The van der Waals surface area contributed by atoms with E-state index in [1.165, 1.54) is 6.33 Å². The number of rotatable bonds is 5. The first kappa shape index (κ1) is 16.8. The molecule has 0 saturated heterocycles. The number of nitrogens with one attached hydrogen (secondary N) is 2. The van der Waals surface area contributed by atoms with Crippen molar-refractivity contribution in [3.8, 4) is 5.75 Å². The molecule has 0 bridgehead atoms. The average Bonchev–Trinajstić information content (AvgIpc) is 3.30. The second-order valence-corrected chi connectivity index (χ2v) is 6.28. The summed E-state index contributed by atoms with van der Waals surface area (Å²) in [5.41, 5.74) is 4.09. The third-order valence-corrected chi connectivity index (χ3v) is 4.49. The van der Waals surface area contributed by atoms with Gasteiger partial charge in [-0.15, -0.1) is 0 Å². The van der Waals surface area contributed by atoms with Crippen LogP contribution in [0.25, 0.3) is 10.9 Å². The number of aryl methyl sites for hydroxylation is 1. The largest absolute Gasteiger partial charge is 0.497 e. The zero-order chi connectivity index (χ0) is 18.8. The first-order chi connectivity index (χ1) is 13.1. The summed E-state index contributed by atoms with van der Waals surface area (Å²) in [4.78, 5) is 19.9. The van der Waals surface area contributed by atoms with E-state index >= 15 is 0 Å². The Morgan fingerprint density at radius 2 is 2.15 bits per heavy atom. The number of carbonyl (C=O) groups is 1. The van der Waals surface area contributed by atoms with Gasteiger partial charge < -0.3 is 15.0 Å². The van der Waals surface area contributed by atoms with Crippen LogP contribution in [0.5, 0.6) is 5.75 Å². The van der Waals surface area contributed by atoms with Crippen molar-refractivity contribution < 1.29 is 9.53 Å². The van der Waals surface area contributed by atoms with E-state index in [0.717, 1.165) is 33.5 Å². The SMILES string of the molecule is COc1ccc2[nH]c(C(=O)Nc3cccc(Cn4cncn4)c3)c(C)c2c1. The molecule has 0 unspecified atom stereocenters. The Bertz CT molecular complexity index is 1100. The number of nitrogens with zero attached hydrogens (tertiary/aromatic N) is 3. The van der Waals surface area contributed by atoms with Crippen molar-refractivity contribution in [3.05, 3.63) is 71.9 Å². The number of benzene rings is 2. The van der Waals surface area contributed by atoms with E-state index in [1.807, 2.05) is 49.4 Å². The fourth-order valence-electron chi connectivity index (χ4n) is 3.10. The topological polar surface area (TPSA) is 84.8 Å². The summed E-state index contributed by atoms with van der Waals surface area (Å²) < 4.78 is 7.01. The molecule has 27 heavy (non-hydrogen) atoms. The number of aromatic nitrogens is 4. The van der Waals surface area contributed by atoms with Crippen LogP contribution in [0.3, 0.4) is 0 Å². The van der Waals surface area contributed by atoms with Gasteiger partial charge in [-0.25, -0.2) is 9.67 Å². The Morgan fingerprint density at radius 3 is 2.93 bits per heavy atom. The molecule has 1 amide bonds. The number of aromatic amines is 1. The van der Waals surface area contributed by atoms with E-state index in [4.69, 9.17) is 4.74 Å². The number of fused-ring (bicyclic) bond motifs is 1. The second-order valence-electron chi connectivity index (χ2n) is 6.28. The summed E-state index contributed by atoms with van der Waals surface area (Å²) >= 11 is 0. The van der Waals surface area contributed by atoms with Crippen molar-refractivity contribution >= 4 is 22.5 Å². The van der Waals surface area contributed by atoms with Crippen molar-refractivity contribution in [2.24, 2.45) is 0 Å². The minimum absolute atomic E-state index is 0.180. The van der Waals surface area contributed by atoms with Gasteiger partial charge in [0.1, 0.15) is 24.1 Å². The quantitative estimate of drug-likeness (QED) is 0.571. The van der Waals surface area contributed by atoms with Crippen molar-refractivity contribution in [2.45, 2.75) is 13.5 Å². The van der Waals surface area contributed by atoms with E-state index in [9.17, 15) is 4.79 Å². The molecule has 0 radical (unpaired) electrons. The highest BCUT2D eigenvalue weighted by atomic mass is 16.5. The molecule has 2 heterocycles. The van der Waals surface area contributed by atoms with Crippen LogP contribution in [0.15, 0.2) is 55.1 Å². The molecule has 2 aromatic carbocycles. The summed E-state index contributed by atoms with van der Waals surface area (Å²) in [6.07, 6.45) is 3.16. The molecular weight excluding hydrogens is 342 g/mol. The number of ether oxygens (including phenoxy) is 1. The van der Waals surface area contributed by atoms with E-state index in [-0.39, 0.29) is 5.91 Å². The van der Waals surface area contributed by atoms with Gasteiger partial charge in [-0.05, 0) is 48.4 Å². The third-order valence-electron chi connectivity index (χ3n) is 4.49. The third kappa shape index (κ3) is 3.39. The van der Waals surface area contributed by atoms with E-state index in [0.29, 0.717) is 12.2 Å². The van der Waals surface area contributed by atoms with Gasteiger partial charge in [-0.1, -0.05) is 12.1 Å². The molecule has 2 aromatic heterocycles. The lowest BCUT2D eigenvalue weighted by atomic mass is 10.1. The molecule has 0 aliphatic rings. The van der Waals surface area contributed by atoms with Crippen LogP contribution in [0, 0.1) is 6.92 Å². The molecule has 0 atom stereocenters. The molecular formula is C20H19N5O2. The number of hydrogen-bond donors (Lipinski definition) is 2. The molecule has 0 aliphatic heterocycles. The summed E-state index contributed by atoms with van der Waals surface area (Å²) in [5.74, 6) is 0.581. The van der Waals surface area contributed by atoms with Crippen LogP contribution >= 0.6 is 0 Å². The van der Waals surface area contributed by atoms with Gasteiger partial charge >= 0.3 is 0 Å². The average molecular weight is 361 g/mol. The maximum Gasteiger partial charge on any atom is 0.272 e. The summed E-state index contributed by atoms with van der Waals surface area (Å²) in [7, 11) is 1.63. The molecule has 4 rings (SSSR count). The smallest absolute Gasteiger partial charge is 0.272 e. The highest BCUT2D eigenvalue weighted by Gasteiger charge is 2.15. The summed E-state index contributed by atoms with van der Waals surface area (Å²) in [6, 6.07) is 13.4. The second kappa shape index (κ2) is 6.95. The lowest BCUT2D eigenvalue weighted by molar-refractivity contribution is 0.102. The van der Waals surface area contributed by atoms with Crippen molar-refractivity contribution in [2.75, 3.05) is 12.4 Å². The monoisotopic (exact) mass is 361 g/mol. The molecule has 7 heteroatoms. The molecule has 7 nitrogen and oxygen atoms in total. The van der Waals surface area contributed by atoms with Crippen molar-refractivity contribution in [3.63, 3.8) is 0 Å². The first-order valence-electron chi connectivity index (χ1n) is 8.53. The highest BCUT2D eigenvalue weighted by molar-refractivity contribution is 6.08. The summed E-state index contributed by atoms with van der Waals surface area (Å²) in [6.45, 7) is 2.52. The number of hydrogen-bond acceptors (Lipinski definition) is 4. The zero-order valence-corrected chi connectivity index (χ0v) is 15.1. The number of amides is 1. The van der Waals surface area contributed by atoms with Gasteiger partial charge in [-0.3, -0.25) is 4.79 Å². The highest BCUT2D eigenvalue weighted by Crippen LogP contribution is 2.26. The molecule has 0 spiro atoms. The molecule has 0 saturated carbocycles. The number of carbonyl (C=O) groups excluding carboxylic acids is 1. The Labute approximate surface area is 156 Å². The van der Waals surface area contributed by atoms with Gasteiger partial charge in [0.05, 0.1) is 13.7 Å². The lowest BCUT2D eigenvalue weighted by Gasteiger charge is -2.07. The van der Waals surface area contributed by atoms with Crippen molar-refractivity contribution in [1.29, 1.82) is 0 Å². The fraction of sp³-hybridized carbons (Fsp3) is 0.150. The Kier molecular flexibility index (Phi) is 4.33. The first-order valence-corrected chi connectivity index (χ1v) is 8.53. The Morgan fingerprint density at radius 1 is 1.26 bits per heavy atom. The van der Waals surface area contributed by atoms with Crippen LogP contribution in [-0.4, -0.2) is 32.8 Å². The van der Waals surface area contributed by atoms with Gasteiger partial charge in [0.15, 0.2) is 0 Å². The van der Waals surface area contributed by atoms with E-state index in [2.05, 4.69) is 20.4 Å². The number of anilines is 1. The minimum atomic E-state index is -0.180. The van der Waals surface area contributed by atoms with E-state index < -0.39 is 0 Å². The minimum Gasteiger partial charge on any atom is -0.497 e. The lowest BCUT2D eigenvalue weighted by Crippen LogP contribution is -2.13. The van der Waals surface area contributed by atoms with Crippen molar-refractivity contribution in [1.82, 2.24) is 19.7 Å². The van der Waals surface area contributed by atoms with Gasteiger partial charge in [-0.2, -0.15) is 5.10 Å². The fourth-order valence-corrected chi connectivity index (χ4v) is 3.10. The number of methoxy groups -OCH3 is 1. The van der Waals surface area contributed by atoms with Crippen LogP contribution in [0.2, 0.25) is 0 Å². The molecule has 2 N–H and O–H groups in total. The molecule has 4 aromatic rings. The summed E-state index contributed by atoms with van der Waals surface area (Å²) in [5, 5.41) is 8.04. The molecule has 0 aliphatic carbocycles. The standard InChI is InChI=1S/C20H19N5O2/c1-13-17-9-16(27-2)6-7-18(17)24-19(13)20(26)23-15-5-3-4-14(8-15)10-25-12-21-11-22-25/h3-9,11-12,24H,10H2,1-2H3,(H,23,26). The predicted molar refractivity (Wildman–Crippen MR) is 103 cm³/mol. The van der Waals surface area contributed by atoms with Gasteiger partial charge in [0, 0.05) is 16.6 Å². The predicted octanol–water partition coefficient (Wildman–Crippen LogP) is 3.38. The molecule has 0 fully saturated rings. The normalized spacial score (nSPS) is 10.9. The zero-order valence-electron chi connectivity index (χ0n) is 15.1.